The van der Waals surface area contributed by atoms with Gasteiger partial charge in [-0.1, -0.05) is 6.07 Å². The van der Waals surface area contributed by atoms with E-state index in [0.717, 1.165) is 0 Å². The third kappa shape index (κ3) is 3.42. The van der Waals surface area contributed by atoms with Gasteiger partial charge in [0.1, 0.15) is 22.9 Å². The SMILES string of the molecule is CN1CNC(=O)C12CCN(c1cnc(C(=O)Nc3cc(F)cc4cccnc34)cn1)CC2. The van der Waals surface area contributed by atoms with E-state index in [-0.39, 0.29) is 17.3 Å². The number of hydrogen-bond acceptors (Lipinski definition) is 7. The van der Waals surface area contributed by atoms with E-state index in [4.69, 9.17) is 0 Å². The lowest BCUT2D eigenvalue weighted by Crippen LogP contribution is -2.55. The zero-order valence-electron chi connectivity index (χ0n) is 17.5. The van der Waals surface area contributed by atoms with Gasteiger partial charge in [-0.05, 0) is 38.1 Å². The van der Waals surface area contributed by atoms with Crippen LogP contribution in [0.25, 0.3) is 10.9 Å². The zero-order valence-corrected chi connectivity index (χ0v) is 17.5. The number of halogens is 1. The Labute approximate surface area is 183 Å². The molecule has 0 bridgehead atoms. The Kier molecular flexibility index (Phi) is 4.93. The Hall–Kier alpha value is -3.66. The molecule has 2 fully saturated rings. The summed E-state index contributed by atoms with van der Waals surface area (Å²) in [6.07, 6.45) is 5.92. The Morgan fingerprint density at radius 3 is 2.69 bits per heavy atom. The molecule has 4 heterocycles. The predicted molar refractivity (Wildman–Crippen MR) is 117 cm³/mol. The van der Waals surface area contributed by atoms with Gasteiger partial charge < -0.3 is 15.5 Å². The van der Waals surface area contributed by atoms with Crippen LogP contribution in [-0.4, -0.2) is 64.0 Å². The molecule has 2 aliphatic heterocycles. The number of anilines is 2. The number of hydrogen-bond donors (Lipinski definition) is 2. The summed E-state index contributed by atoms with van der Waals surface area (Å²) in [5, 5.41) is 6.17. The molecule has 2 aliphatic rings. The van der Waals surface area contributed by atoms with E-state index in [1.807, 2.05) is 7.05 Å². The molecule has 10 heteroatoms. The van der Waals surface area contributed by atoms with Crippen molar-refractivity contribution in [2.24, 2.45) is 0 Å². The molecular weight excluding hydrogens is 413 g/mol. The number of nitrogens with zero attached hydrogens (tertiary/aromatic N) is 5. The van der Waals surface area contributed by atoms with Gasteiger partial charge in [0.2, 0.25) is 5.91 Å². The molecule has 0 unspecified atom stereocenters. The number of likely N-dealkylation sites (N-methyl/N-ethyl adjacent to an activating group) is 1. The molecule has 2 N–H and O–H groups in total. The first-order valence-corrected chi connectivity index (χ1v) is 10.4. The largest absolute Gasteiger partial charge is 0.355 e. The topological polar surface area (TPSA) is 103 Å². The van der Waals surface area contributed by atoms with E-state index in [0.29, 0.717) is 49.3 Å². The van der Waals surface area contributed by atoms with Crippen molar-refractivity contribution in [1.82, 2.24) is 25.2 Å². The Morgan fingerprint density at radius 1 is 1.19 bits per heavy atom. The van der Waals surface area contributed by atoms with Gasteiger partial charge in [0, 0.05) is 24.7 Å². The van der Waals surface area contributed by atoms with Gasteiger partial charge in [-0.15, -0.1) is 0 Å². The second kappa shape index (κ2) is 7.79. The van der Waals surface area contributed by atoms with Crippen LogP contribution in [-0.2, 0) is 4.79 Å². The van der Waals surface area contributed by atoms with E-state index in [9.17, 15) is 14.0 Å². The first-order valence-electron chi connectivity index (χ1n) is 10.4. The van der Waals surface area contributed by atoms with E-state index in [2.05, 4.69) is 35.4 Å². The number of aromatic nitrogens is 3. The van der Waals surface area contributed by atoms with Crippen molar-refractivity contribution in [2.45, 2.75) is 18.4 Å². The van der Waals surface area contributed by atoms with Crippen molar-refractivity contribution < 1.29 is 14.0 Å². The van der Waals surface area contributed by atoms with Crippen molar-refractivity contribution in [1.29, 1.82) is 0 Å². The predicted octanol–water partition coefficient (Wildman–Crippen LogP) is 1.77. The summed E-state index contributed by atoms with van der Waals surface area (Å²) in [7, 11) is 1.96. The highest BCUT2D eigenvalue weighted by atomic mass is 19.1. The van der Waals surface area contributed by atoms with Gasteiger partial charge in [-0.25, -0.2) is 14.4 Å². The number of benzene rings is 1. The van der Waals surface area contributed by atoms with Gasteiger partial charge in [0.05, 0.1) is 30.3 Å². The van der Waals surface area contributed by atoms with Gasteiger partial charge >= 0.3 is 0 Å². The average Bonchev–Trinajstić information content (AvgIpc) is 3.08. The van der Waals surface area contributed by atoms with Crippen molar-refractivity contribution >= 4 is 34.2 Å². The Balaban J connectivity index is 1.29. The normalized spacial score (nSPS) is 18.2. The number of piperidine rings is 1. The number of carbonyl (C=O) groups is 2. The van der Waals surface area contributed by atoms with Crippen LogP contribution in [0, 0.1) is 5.82 Å². The Bertz CT molecular complexity index is 1190. The van der Waals surface area contributed by atoms with Gasteiger partial charge in [0.25, 0.3) is 5.91 Å². The molecule has 1 aromatic carbocycles. The van der Waals surface area contributed by atoms with Crippen LogP contribution < -0.4 is 15.5 Å². The number of rotatable bonds is 3. The lowest BCUT2D eigenvalue weighted by molar-refractivity contribution is -0.127. The van der Waals surface area contributed by atoms with Crippen LogP contribution >= 0.6 is 0 Å². The summed E-state index contributed by atoms with van der Waals surface area (Å²) < 4.78 is 13.9. The van der Waals surface area contributed by atoms with Gasteiger partial charge in [-0.3, -0.25) is 19.5 Å². The van der Waals surface area contributed by atoms with Crippen molar-refractivity contribution in [3.05, 3.63) is 54.4 Å². The highest BCUT2D eigenvalue weighted by Crippen LogP contribution is 2.32. The van der Waals surface area contributed by atoms with Crippen LogP contribution in [0.2, 0.25) is 0 Å². The first kappa shape index (κ1) is 20.3. The van der Waals surface area contributed by atoms with Crippen molar-refractivity contribution in [2.75, 3.05) is 37.0 Å². The third-order valence-corrected chi connectivity index (χ3v) is 6.33. The summed E-state index contributed by atoms with van der Waals surface area (Å²) in [5.41, 5.74) is 0.433. The quantitative estimate of drug-likeness (QED) is 0.646. The van der Waals surface area contributed by atoms with Crippen molar-refractivity contribution in [3.8, 4) is 0 Å². The number of amides is 2. The van der Waals surface area contributed by atoms with Crippen molar-refractivity contribution in [3.63, 3.8) is 0 Å². The first-order chi connectivity index (χ1) is 15.5. The van der Waals surface area contributed by atoms with Crippen LogP contribution in [0.4, 0.5) is 15.9 Å². The minimum atomic E-state index is -0.497. The van der Waals surface area contributed by atoms with E-state index in [1.165, 1.54) is 18.3 Å². The second-order valence-corrected chi connectivity index (χ2v) is 8.12. The molecule has 1 spiro atoms. The molecular formula is C22H22FN7O2. The Morgan fingerprint density at radius 2 is 2.00 bits per heavy atom. The molecule has 0 atom stereocenters. The molecule has 2 aromatic heterocycles. The molecule has 0 saturated carbocycles. The maximum atomic E-state index is 13.9. The second-order valence-electron chi connectivity index (χ2n) is 8.12. The number of fused-ring (bicyclic) bond motifs is 1. The van der Waals surface area contributed by atoms with Gasteiger partial charge in [-0.2, -0.15) is 0 Å². The van der Waals surface area contributed by atoms with Crippen LogP contribution in [0.5, 0.6) is 0 Å². The minimum Gasteiger partial charge on any atom is -0.355 e. The number of carbonyl (C=O) groups excluding carboxylic acids is 2. The van der Waals surface area contributed by atoms with Crippen LogP contribution in [0.1, 0.15) is 23.3 Å². The van der Waals surface area contributed by atoms with Crippen LogP contribution in [0.3, 0.4) is 0 Å². The number of nitrogens with one attached hydrogen (secondary N) is 2. The lowest BCUT2D eigenvalue weighted by atomic mass is 9.86. The summed E-state index contributed by atoms with van der Waals surface area (Å²) in [4.78, 5) is 42.0. The molecule has 2 saturated heterocycles. The van der Waals surface area contributed by atoms with Gasteiger partial charge in [0.15, 0.2) is 0 Å². The fraction of sp³-hybridized carbons (Fsp3) is 0.318. The highest BCUT2D eigenvalue weighted by Gasteiger charge is 2.48. The fourth-order valence-electron chi connectivity index (χ4n) is 4.43. The van der Waals surface area contributed by atoms with E-state index >= 15 is 0 Å². The van der Waals surface area contributed by atoms with Crippen LogP contribution in [0.15, 0.2) is 42.9 Å². The highest BCUT2D eigenvalue weighted by molar-refractivity contribution is 6.07. The molecule has 5 rings (SSSR count). The molecule has 0 aliphatic carbocycles. The maximum absolute atomic E-state index is 13.9. The molecule has 0 radical (unpaired) electrons. The lowest BCUT2D eigenvalue weighted by Gasteiger charge is -2.41. The standard InChI is InChI=1S/C22H22FN7O2/c1-29-13-27-21(32)22(29)4-7-30(8-5-22)18-12-25-17(11-26-18)20(31)28-16-10-15(23)9-14-3-2-6-24-19(14)16/h2-3,6,9-12H,4-5,7-8,13H2,1H3,(H,27,32)(H,28,31). The molecule has 32 heavy (non-hydrogen) atoms. The monoisotopic (exact) mass is 435 g/mol. The van der Waals surface area contributed by atoms with E-state index in [1.54, 1.807) is 24.5 Å². The van der Waals surface area contributed by atoms with E-state index < -0.39 is 17.3 Å². The maximum Gasteiger partial charge on any atom is 0.275 e. The molecule has 2 amide bonds. The summed E-state index contributed by atoms with van der Waals surface area (Å²) >= 11 is 0. The summed E-state index contributed by atoms with van der Waals surface area (Å²) in [6, 6.07) is 6.03. The fourth-order valence-corrected chi connectivity index (χ4v) is 4.43. The minimum absolute atomic E-state index is 0.0807. The zero-order chi connectivity index (χ0) is 22.3. The molecule has 9 nitrogen and oxygen atoms in total. The molecule has 164 valence electrons. The average molecular weight is 435 g/mol. The summed E-state index contributed by atoms with van der Waals surface area (Å²) in [5.74, 6) is -0.234. The molecule has 3 aromatic rings. The summed E-state index contributed by atoms with van der Waals surface area (Å²) in [6.45, 7) is 1.90. The number of pyridine rings is 1. The smallest absolute Gasteiger partial charge is 0.275 e. The third-order valence-electron chi connectivity index (χ3n) is 6.33.